The molecule has 0 aromatic heterocycles. The number of carbonyl (C=O) groups is 2. The first-order valence-electron chi connectivity index (χ1n) is 6.06. The van der Waals surface area contributed by atoms with Crippen LogP contribution in [0.15, 0.2) is 24.3 Å². The van der Waals surface area contributed by atoms with Crippen LogP contribution in [0.4, 0.5) is 10.5 Å². The Bertz CT molecular complexity index is 496. The molecule has 1 aromatic carbocycles. The van der Waals surface area contributed by atoms with Crippen LogP contribution in [-0.2, 0) is 0 Å². The van der Waals surface area contributed by atoms with Crippen LogP contribution < -0.4 is 11.1 Å². The van der Waals surface area contributed by atoms with E-state index in [1.807, 2.05) is 0 Å². The Morgan fingerprint density at radius 1 is 1.37 bits per heavy atom. The molecule has 6 nitrogen and oxygen atoms in total. The van der Waals surface area contributed by atoms with Crippen LogP contribution in [-0.4, -0.2) is 40.6 Å². The van der Waals surface area contributed by atoms with Gasteiger partial charge in [0.15, 0.2) is 0 Å². The van der Waals surface area contributed by atoms with Crippen LogP contribution >= 0.6 is 0 Å². The number of aliphatic hydroxyl groups is 1. The summed E-state index contributed by atoms with van der Waals surface area (Å²) in [5.41, 5.74) is 5.26. The van der Waals surface area contributed by atoms with Crippen molar-refractivity contribution < 1.29 is 14.7 Å². The maximum Gasteiger partial charge on any atom is 0.316 e. The summed E-state index contributed by atoms with van der Waals surface area (Å²) in [5, 5.41) is 12.3. The van der Waals surface area contributed by atoms with E-state index in [4.69, 9.17) is 5.73 Å². The summed E-state index contributed by atoms with van der Waals surface area (Å²) in [5.74, 6) is -0.122. The Morgan fingerprint density at radius 2 is 2.00 bits per heavy atom. The molecule has 2 rings (SSSR count). The van der Waals surface area contributed by atoms with Gasteiger partial charge in [0.2, 0.25) is 0 Å². The van der Waals surface area contributed by atoms with Gasteiger partial charge in [0.25, 0.3) is 5.91 Å². The number of nitrogens with two attached hydrogens (primary N) is 1. The topological polar surface area (TPSA) is 95.7 Å². The lowest BCUT2D eigenvalue weighted by molar-refractivity contribution is 0.0572. The first kappa shape index (κ1) is 13.4. The van der Waals surface area contributed by atoms with Gasteiger partial charge in [-0.25, -0.2) is 4.79 Å². The third-order valence-electron chi connectivity index (χ3n) is 3.14. The summed E-state index contributed by atoms with van der Waals surface area (Å²) in [6.07, 6.45) is 0.583. The van der Waals surface area contributed by atoms with Crippen molar-refractivity contribution in [1.29, 1.82) is 0 Å². The molecule has 1 aliphatic heterocycles. The molecule has 1 atom stereocenters. The van der Waals surface area contributed by atoms with Crippen molar-refractivity contribution in [3.63, 3.8) is 0 Å². The van der Waals surface area contributed by atoms with Crippen molar-refractivity contribution in [2.45, 2.75) is 18.9 Å². The van der Waals surface area contributed by atoms with Crippen LogP contribution in [0.3, 0.4) is 0 Å². The number of rotatable bonds is 2. The number of primary amides is 1. The summed E-state index contributed by atoms with van der Waals surface area (Å²) in [6, 6.07) is 5.84. The molecule has 0 spiro atoms. The minimum absolute atomic E-state index is 0.122. The predicted octanol–water partition coefficient (Wildman–Crippen LogP) is 0.774. The van der Waals surface area contributed by atoms with Crippen molar-refractivity contribution in [2.24, 2.45) is 5.73 Å². The molecule has 0 radical (unpaired) electrons. The van der Waals surface area contributed by atoms with E-state index in [-0.39, 0.29) is 5.91 Å². The van der Waals surface area contributed by atoms with E-state index in [1.165, 1.54) is 0 Å². The molecule has 0 aliphatic carbocycles. The van der Waals surface area contributed by atoms with Gasteiger partial charge in [-0.1, -0.05) is 0 Å². The van der Waals surface area contributed by atoms with E-state index < -0.39 is 11.6 Å². The minimum Gasteiger partial charge on any atom is -0.388 e. The number of amides is 3. The fourth-order valence-electron chi connectivity index (χ4n) is 2.14. The Morgan fingerprint density at radius 3 is 2.47 bits per heavy atom. The molecule has 6 heteroatoms. The molecule has 3 amide bonds. The summed E-state index contributed by atoms with van der Waals surface area (Å²) in [4.78, 5) is 24.5. The van der Waals surface area contributed by atoms with E-state index in [2.05, 4.69) is 5.32 Å². The largest absolute Gasteiger partial charge is 0.388 e. The van der Waals surface area contributed by atoms with Crippen LogP contribution in [0.1, 0.15) is 23.7 Å². The average molecular weight is 263 g/mol. The lowest BCUT2D eigenvalue weighted by Gasteiger charge is -2.19. The quantitative estimate of drug-likeness (QED) is 0.735. The molecule has 102 valence electrons. The van der Waals surface area contributed by atoms with Crippen LogP contribution in [0.2, 0.25) is 0 Å². The second kappa shape index (κ2) is 4.89. The second-order valence-electron chi connectivity index (χ2n) is 5.04. The van der Waals surface area contributed by atoms with E-state index >= 15 is 0 Å². The summed E-state index contributed by atoms with van der Waals surface area (Å²) >= 11 is 0. The molecule has 1 aliphatic rings. The normalized spacial score (nSPS) is 22.3. The number of hydrogen-bond donors (Lipinski definition) is 3. The fourth-order valence-corrected chi connectivity index (χ4v) is 2.14. The van der Waals surface area contributed by atoms with Crippen LogP contribution in [0, 0.1) is 0 Å². The summed E-state index contributed by atoms with van der Waals surface area (Å²) in [7, 11) is 0. The fraction of sp³-hybridized carbons (Fsp3) is 0.385. The smallest absolute Gasteiger partial charge is 0.316 e. The van der Waals surface area contributed by atoms with Gasteiger partial charge in [-0.15, -0.1) is 0 Å². The lowest BCUT2D eigenvalue weighted by atomic mass is 10.1. The highest BCUT2D eigenvalue weighted by Gasteiger charge is 2.34. The number of hydrogen-bond acceptors (Lipinski definition) is 3. The standard InChI is InChI=1S/C13H17N3O3/c1-13(19)6-7-16(8-13)11(17)9-2-4-10(5-3-9)15-12(14)18/h2-5,19H,6-8H2,1H3,(H3,14,15,18). The Labute approximate surface area is 111 Å². The number of carbonyl (C=O) groups excluding carboxylic acids is 2. The second-order valence-corrected chi connectivity index (χ2v) is 5.04. The zero-order chi connectivity index (χ0) is 14.0. The molecule has 1 unspecified atom stereocenters. The predicted molar refractivity (Wildman–Crippen MR) is 70.8 cm³/mol. The monoisotopic (exact) mass is 263 g/mol. The van der Waals surface area contributed by atoms with Crippen LogP contribution in [0.25, 0.3) is 0 Å². The summed E-state index contributed by atoms with van der Waals surface area (Å²) < 4.78 is 0. The maximum absolute atomic E-state index is 12.2. The van der Waals surface area contributed by atoms with Gasteiger partial charge in [-0.05, 0) is 37.6 Å². The highest BCUT2D eigenvalue weighted by atomic mass is 16.3. The number of urea groups is 1. The first-order chi connectivity index (χ1) is 8.87. The number of benzene rings is 1. The minimum atomic E-state index is -0.802. The van der Waals surface area contributed by atoms with Crippen LogP contribution in [0.5, 0.6) is 0 Å². The number of anilines is 1. The molecule has 19 heavy (non-hydrogen) atoms. The number of likely N-dealkylation sites (tertiary alicyclic amines) is 1. The first-order valence-corrected chi connectivity index (χ1v) is 6.06. The Kier molecular flexibility index (Phi) is 3.44. The van der Waals surface area contributed by atoms with E-state index in [9.17, 15) is 14.7 Å². The van der Waals surface area contributed by atoms with Crippen molar-refractivity contribution in [3.8, 4) is 0 Å². The Hall–Kier alpha value is -2.08. The summed E-state index contributed by atoms with van der Waals surface area (Å²) in [6.45, 7) is 2.61. The van der Waals surface area contributed by atoms with E-state index in [0.717, 1.165) is 0 Å². The van der Waals surface area contributed by atoms with Gasteiger partial charge in [-0.3, -0.25) is 4.79 Å². The zero-order valence-electron chi connectivity index (χ0n) is 10.7. The lowest BCUT2D eigenvalue weighted by Crippen LogP contribution is -2.33. The van der Waals surface area contributed by atoms with Gasteiger partial charge in [0.1, 0.15) is 0 Å². The van der Waals surface area contributed by atoms with Gasteiger partial charge >= 0.3 is 6.03 Å². The number of nitrogens with zero attached hydrogens (tertiary/aromatic N) is 1. The number of β-amino-alcohol motifs (C(OH)–C–C–N with tert-alkyl or cyclic N) is 1. The van der Waals surface area contributed by atoms with Gasteiger partial charge < -0.3 is 21.1 Å². The van der Waals surface area contributed by atoms with Crippen molar-refractivity contribution >= 4 is 17.6 Å². The molecule has 1 heterocycles. The van der Waals surface area contributed by atoms with E-state index in [0.29, 0.717) is 30.8 Å². The molecule has 1 fully saturated rings. The highest BCUT2D eigenvalue weighted by molar-refractivity contribution is 5.95. The number of nitrogens with one attached hydrogen (secondary N) is 1. The van der Waals surface area contributed by atoms with Gasteiger partial charge in [0.05, 0.1) is 5.60 Å². The van der Waals surface area contributed by atoms with Gasteiger partial charge in [-0.2, -0.15) is 0 Å². The van der Waals surface area contributed by atoms with E-state index in [1.54, 1.807) is 36.1 Å². The Balaban J connectivity index is 2.06. The molecule has 0 saturated carbocycles. The average Bonchev–Trinajstić information content (AvgIpc) is 2.69. The molecular formula is C13H17N3O3. The maximum atomic E-state index is 12.2. The van der Waals surface area contributed by atoms with Crippen molar-refractivity contribution in [1.82, 2.24) is 4.90 Å². The van der Waals surface area contributed by atoms with Crippen molar-refractivity contribution in [3.05, 3.63) is 29.8 Å². The van der Waals surface area contributed by atoms with Gasteiger partial charge in [0, 0.05) is 24.3 Å². The molecule has 0 bridgehead atoms. The van der Waals surface area contributed by atoms with Crippen molar-refractivity contribution in [2.75, 3.05) is 18.4 Å². The SMILES string of the molecule is CC1(O)CCN(C(=O)c2ccc(NC(N)=O)cc2)C1. The molecular weight excluding hydrogens is 246 g/mol. The third-order valence-corrected chi connectivity index (χ3v) is 3.14. The highest BCUT2D eigenvalue weighted by Crippen LogP contribution is 2.22. The molecule has 1 saturated heterocycles. The zero-order valence-corrected chi connectivity index (χ0v) is 10.7. The third kappa shape index (κ3) is 3.23. The molecule has 1 aromatic rings. The molecule has 4 N–H and O–H groups in total.